The molecule has 0 bridgehead atoms. The van der Waals surface area contributed by atoms with Crippen LogP contribution in [-0.2, 0) is 0 Å². The van der Waals surface area contributed by atoms with Gasteiger partial charge in [-0.15, -0.1) is 10.6 Å². The second-order valence-corrected chi connectivity index (χ2v) is 5.61. The maximum atomic E-state index is 12.2. The minimum Gasteiger partial charge on any atom is -0.377 e. The molecule has 0 fully saturated rings. The van der Waals surface area contributed by atoms with Gasteiger partial charge in [-0.1, -0.05) is 3.89 Å². The van der Waals surface area contributed by atoms with E-state index in [1.165, 1.54) is 0 Å². The lowest BCUT2D eigenvalue weighted by atomic mass is 10.6. The van der Waals surface area contributed by atoms with Gasteiger partial charge in [-0.2, -0.15) is 0 Å². The molecule has 0 aliphatic carbocycles. The predicted octanol–water partition coefficient (Wildman–Crippen LogP) is 2.14. The van der Waals surface area contributed by atoms with Crippen LogP contribution in [-0.4, -0.2) is 34.4 Å². The van der Waals surface area contributed by atoms with E-state index < -0.39 is 21.8 Å². The van der Waals surface area contributed by atoms with Gasteiger partial charge in [0.25, 0.3) is 0 Å². The average molecular weight is 260 g/mol. The third-order valence-corrected chi connectivity index (χ3v) is 2.46. The molecule has 0 radical (unpaired) electrons. The largest absolute Gasteiger partial charge is 0.377 e. The van der Waals surface area contributed by atoms with E-state index in [0.29, 0.717) is 0 Å². The van der Waals surface area contributed by atoms with E-state index in [-0.39, 0.29) is 10.9 Å². The zero-order chi connectivity index (χ0) is 11.7. The van der Waals surface area contributed by atoms with Crippen molar-refractivity contribution in [2.24, 2.45) is 0 Å². The molecule has 0 atom stereocenters. The van der Waals surface area contributed by atoms with Crippen LogP contribution in [0, 0.1) is 0 Å². The highest BCUT2D eigenvalue weighted by Crippen LogP contribution is 2.43. The Morgan fingerprint density at radius 2 is 1.67 bits per heavy atom. The molecule has 1 aromatic heterocycles. The van der Waals surface area contributed by atoms with E-state index >= 15 is 0 Å². The van der Waals surface area contributed by atoms with Crippen molar-refractivity contribution in [3.8, 4) is 5.75 Å². The summed E-state index contributed by atoms with van der Waals surface area (Å²) in [6, 6.07) is 0. The molecule has 0 saturated heterocycles. The van der Waals surface area contributed by atoms with Gasteiger partial charge < -0.3 is 4.18 Å². The monoisotopic (exact) mass is 260 g/mol. The van der Waals surface area contributed by atoms with Crippen LogP contribution < -0.4 is 4.18 Å². The van der Waals surface area contributed by atoms with Crippen molar-refractivity contribution in [1.82, 2.24) is 9.97 Å². The summed E-state index contributed by atoms with van der Waals surface area (Å²) in [5, 5.41) is -0.245. The first kappa shape index (κ1) is 12.4. The van der Waals surface area contributed by atoms with Crippen LogP contribution in [0.1, 0.15) is 0 Å². The van der Waals surface area contributed by atoms with Crippen molar-refractivity contribution >= 4 is 21.8 Å². The molecule has 88 valence electrons. The number of halogens is 1. The highest BCUT2D eigenvalue weighted by molar-refractivity contribution is 8.23. The Bertz CT molecular complexity index is 335. The quantitative estimate of drug-likeness (QED) is 0.615. The van der Waals surface area contributed by atoms with Gasteiger partial charge in [0.15, 0.2) is 5.75 Å². The third kappa shape index (κ3) is 4.15. The van der Waals surface area contributed by atoms with Crippen LogP contribution in [0.5, 0.6) is 5.75 Å². The lowest BCUT2D eigenvalue weighted by Crippen LogP contribution is -2.03. The zero-order valence-electron chi connectivity index (χ0n) is 7.44. The number of hydrogen-bond acceptors (Lipinski definition) is 7. The summed E-state index contributed by atoms with van der Waals surface area (Å²) < 4.78 is 51.1. The van der Waals surface area contributed by atoms with Gasteiger partial charge in [0.2, 0.25) is 5.16 Å². The number of hydrogen-bond donors (Lipinski definition) is 4. The highest BCUT2D eigenvalue weighted by atomic mass is 32.3. The zero-order valence-corrected chi connectivity index (χ0v) is 9.07. The Balaban J connectivity index is 2.82. The van der Waals surface area contributed by atoms with Gasteiger partial charge in [0, 0.05) is 6.26 Å². The smallest absolute Gasteiger partial charge is 0.308 e. The van der Waals surface area contributed by atoms with Gasteiger partial charge in [-0.25, -0.2) is 9.97 Å². The second-order valence-electron chi connectivity index (χ2n) is 2.55. The fraction of sp³-hybridized carbons (Fsp3) is 0.200. The average Bonchev–Trinajstić information content (AvgIpc) is 2.00. The Kier molecular flexibility index (Phi) is 3.38. The SMILES string of the molecule is CS(O)(O)c1ncc(OS(O)(O)F)cn1. The van der Waals surface area contributed by atoms with E-state index in [0.717, 1.165) is 18.6 Å². The molecular weight excluding hydrogens is 251 g/mol. The molecule has 4 N–H and O–H groups in total. The van der Waals surface area contributed by atoms with E-state index in [9.17, 15) is 3.89 Å². The fourth-order valence-electron chi connectivity index (χ4n) is 0.670. The van der Waals surface area contributed by atoms with E-state index in [2.05, 4.69) is 14.2 Å². The molecule has 0 spiro atoms. The van der Waals surface area contributed by atoms with Crippen molar-refractivity contribution in [3.63, 3.8) is 0 Å². The van der Waals surface area contributed by atoms with Crippen LogP contribution in [0.25, 0.3) is 0 Å². The maximum absolute atomic E-state index is 12.2. The van der Waals surface area contributed by atoms with Crippen LogP contribution in [0.4, 0.5) is 3.89 Å². The molecule has 0 saturated carbocycles. The van der Waals surface area contributed by atoms with Gasteiger partial charge >= 0.3 is 11.3 Å². The van der Waals surface area contributed by atoms with Crippen LogP contribution in [0.3, 0.4) is 0 Å². The van der Waals surface area contributed by atoms with Gasteiger partial charge in [0.1, 0.15) is 0 Å². The Morgan fingerprint density at radius 3 is 2.00 bits per heavy atom. The Labute approximate surface area is 88.2 Å². The molecule has 0 aromatic carbocycles. The van der Waals surface area contributed by atoms with Gasteiger partial charge in [-0.3, -0.25) is 18.2 Å². The maximum Gasteiger partial charge on any atom is 0.308 e. The van der Waals surface area contributed by atoms with Crippen molar-refractivity contribution in [1.29, 1.82) is 0 Å². The Hall–Kier alpha value is -0.650. The van der Waals surface area contributed by atoms with Crippen LogP contribution >= 0.6 is 21.8 Å². The summed E-state index contributed by atoms with van der Waals surface area (Å²) in [6.45, 7) is 0. The lowest BCUT2D eigenvalue weighted by molar-refractivity contribution is 0.332. The fourth-order valence-corrected chi connectivity index (χ4v) is 1.51. The molecule has 15 heavy (non-hydrogen) atoms. The van der Waals surface area contributed by atoms with Crippen molar-refractivity contribution < 1.29 is 26.3 Å². The lowest BCUT2D eigenvalue weighted by Gasteiger charge is -2.23. The van der Waals surface area contributed by atoms with Gasteiger partial charge in [0.05, 0.1) is 12.4 Å². The normalized spacial score (nSPS) is 14.8. The third-order valence-electron chi connectivity index (χ3n) is 1.15. The van der Waals surface area contributed by atoms with Crippen LogP contribution in [0.2, 0.25) is 0 Å². The predicted molar refractivity (Wildman–Crippen MR) is 53.7 cm³/mol. The summed E-state index contributed by atoms with van der Waals surface area (Å²) in [6.07, 6.45) is 2.91. The summed E-state index contributed by atoms with van der Waals surface area (Å²) >= 11 is -4.62. The molecular formula is C5H9FN2O5S2. The molecule has 0 aliphatic heterocycles. The topological polar surface area (TPSA) is 116 Å². The van der Waals surface area contributed by atoms with E-state index in [4.69, 9.17) is 18.2 Å². The summed E-state index contributed by atoms with van der Waals surface area (Å²) in [4.78, 5) is 6.92. The molecule has 0 aliphatic rings. The molecule has 7 nitrogen and oxygen atoms in total. The second kappa shape index (κ2) is 4.08. The van der Waals surface area contributed by atoms with Crippen molar-refractivity contribution in [2.75, 3.05) is 6.26 Å². The van der Waals surface area contributed by atoms with E-state index in [1.54, 1.807) is 0 Å². The molecule has 1 rings (SSSR count). The summed E-state index contributed by atoms with van der Waals surface area (Å²) in [7, 11) is -3.05. The summed E-state index contributed by atoms with van der Waals surface area (Å²) in [5.74, 6) is -0.329. The van der Waals surface area contributed by atoms with Crippen molar-refractivity contribution in [2.45, 2.75) is 5.16 Å². The van der Waals surface area contributed by atoms with Crippen LogP contribution in [0.15, 0.2) is 17.6 Å². The van der Waals surface area contributed by atoms with Gasteiger partial charge in [-0.05, 0) is 0 Å². The molecule has 10 heteroatoms. The minimum absolute atomic E-state index is 0.245. The molecule has 1 heterocycles. The number of rotatable bonds is 3. The number of nitrogens with zero attached hydrogens (tertiary/aromatic N) is 2. The first-order chi connectivity index (χ1) is 6.68. The summed E-state index contributed by atoms with van der Waals surface area (Å²) in [5.41, 5.74) is 0. The van der Waals surface area contributed by atoms with Crippen molar-refractivity contribution in [3.05, 3.63) is 12.4 Å². The molecule has 1 aromatic rings. The first-order valence-electron chi connectivity index (χ1n) is 3.41. The molecule has 0 amide bonds. The highest BCUT2D eigenvalue weighted by Gasteiger charge is 2.19. The Morgan fingerprint density at radius 1 is 1.20 bits per heavy atom. The number of aromatic nitrogens is 2. The standard InChI is InChI=1S/C5H9FN2O5S2/c1-14(9,10)5-7-2-4(3-8-5)13-15(6,11)12/h2-3,9-12H,1H3. The minimum atomic E-state index is -4.62. The molecule has 0 unspecified atom stereocenters. The van der Waals surface area contributed by atoms with E-state index in [1.807, 2.05) is 0 Å². The first-order valence-corrected chi connectivity index (χ1v) is 6.74.